The lowest BCUT2D eigenvalue weighted by atomic mass is 9.85. The van der Waals surface area contributed by atoms with Crippen LogP contribution in [0.2, 0.25) is 0 Å². The molecule has 1 saturated heterocycles. The maximum atomic E-state index is 12.7. The second-order valence-corrected chi connectivity index (χ2v) is 9.92. The number of amides is 1. The summed E-state index contributed by atoms with van der Waals surface area (Å²) < 4.78 is 7.79. The molecule has 180 valence electrons. The molecule has 0 atom stereocenters. The van der Waals surface area contributed by atoms with E-state index in [2.05, 4.69) is 23.9 Å². The van der Waals surface area contributed by atoms with Crippen molar-refractivity contribution < 1.29 is 9.53 Å². The molecular formula is C26H38N4O3. The highest BCUT2D eigenvalue weighted by atomic mass is 16.5. The van der Waals surface area contributed by atoms with Gasteiger partial charge in [0, 0.05) is 50.2 Å². The first-order valence-electron chi connectivity index (χ1n) is 12.3. The van der Waals surface area contributed by atoms with Gasteiger partial charge in [0.15, 0.2) is 6.61 Å². The van der Waals surface area contributed by atoms with Gasteiger partial charge in [-0.25, -0.2) is 0 Å². The summed E-state index contributed by atoms with van der Waals surface area (Å²) in [5.74, 6) is 1.26. The van der Waals surface area contributed by atoms with Crippen LogP contribution in [0.1, 0.15) is 31.2 Å². The van der Waals surface area contributed by atoms with Gasteiger partial charge >= 0.3 is 0 Å². The molecule has 33 heavy (non-hydrogen) atoms. The van der Waals surface area contributed by atoms with Crippen LogP contribution in [0.4, 0.5) is 0 Å². The summed E-state index contributed by atoms with van der Waals surface area (Å²) in [6, 6.07) is 7.57. The van der Waals surface area contributed by atoms with Gasteiger partial charge in [-0.05, 0) is 77.0 Å². The highest BCUT2D eigenvalue weighted by Gasteiger charge is 2.22. The van der Waals surface area contributed by atoms with Gasteiger partial charge in [-0.1, -0.05) is 6.42 Å². The Morgan fingerprint density at radius 2 is 1.88 bits per heavy atom. The van der Waals surface area contributed by atoms with Gasteiger partial charge in [0.2, 0.25) is 0 Å². The molecule has 1 aromatic heterocycles. The van der Waals surface area contributed by atoms with Crippen LogP contribution in [0.25, 0.3) is 10.9 Å². The van der Waals surface area contributed by atoms with Crippen LogP contribution in [0.15, 0.2) is 29.1 Å². The minimum atomic E-state index is 0.0270. The molecule has 0 spiro atoms. The molecule has 1 aliphatic heterocycles. The lowest BCUT2D eigenvalue weighted by Crippen LogP contribution is -2.50. The SMILES string of the molecule is Cc1cc(=O)n(CC2CCC2)c2cc(OCC(=O)N3CCN(CCCN(C)C)CC3)ccc12. The minimum Gasteiger partial charge on any atom is -0.484 e. The van der Waals surface area contributed by atoms with Crippen molar-refractivity contribution >= 4 is 16.8 Å². The Kier molecular flexibility index (Phi) is 7.71. The zero-order valence-corrected chi connectivity index (χ0v) is 20.4. The second kappa shape index (κ2) is 10.7. The van der Waals surface area contributed by atoms with Crippen molar-refractivity contribution in [1.29, 1.82) is 0 Å². The molecule has 1 aliphatic carbocycles. The lowest BCUT2D eigenvalue weighted by Gasteiger charge is -2.34. The predicted octanol–water partition coefficient (Wildman–Crippen LogP) is 2.58. The van der Waals surface area contributed by atoms with Crippen molar-refractivity contribution in [2.75, 3.05) is 60.0 Å². The largest absolute Gasteiger partial charge is 0.484 e. The molecule has 4 rings (SSSR count). The second-order valence-electron chi connectivity index (χ2n) is 9.92. The van der Waals surface area contributed by atoms with Crippen LogP contribution in [-0.4, -0.2) is 85.1 Å². The molecule has 2 heterocycles. The molecule has 1 amide bonds. The van der Waals surface area contributed by atoms with E-state index in [4.69, 9.17) is 4.74 Å². The van der Waals surface area contributed by atoms with Crippen molar-refractivity contribution in [3.05, 3.63) is 40.2 Å². The van der Waals surface area contributed by atoms with Gasteiger partial charge < -0.3 is 19.1 Å². The summed E-state index contributed by atoms with van der Waals surface area (Å²) in [4.78, 5) is 32.0. The molecular weight excluding hydrogens is 416 g/mol. The fourth-order valence-electron chi connectivity index (χ4n) is 4.81. The van der Waals surface area contributed by atoms with Crippen molar-refractivity contribution in [1.82, 2.24) is 19.3 Å². The van der Waals surface area contributed by atoms with E-state index < -0.39 is 0 Å². The number of rotatable bonds is 9. The summed E-state index contributed by atoms with van der Waals surface area (Å²) in [6.07, 6.45) is 4.78. The van der Waals surface area contributed by atoms with Crippen LogP contribution in [-0.2, 0) is 11.3 Å². The Morgan fingerprint density at radius 1 is 1.12 bits per heavy atom. The van der Waals surface area contributed by atoms with E-state index in [1.807, 2.05) is 34.6 Å². The molecule has 2 aromatic rings. The van der Waals surface area contributed by atoms with E-state index in [1.165, 1.54) is 19.3 Å². The molecule has 0 unspecified atom stereocenters. The van der Waals surface area contributed by atoms with Crippen LogP contribution in [0.5, 0.6) is 5.75 Å². The van der Waals surface area contributed by atoms with E-state index >= 15 is 0 Å². The molecule has 7 nitrogen and oxygen atoms in total. The number of ether oxygens (including phenoxy) is 1. The maximum Gasteiger partial charge on any atom is 0.260 e. The molecule has 0 N–H and O–H groups in total. The molecule has 0 radical (unpaired) electrons. The monoisotopic (exact) mass is 454 g/mol. The highest BCUT2D eigenvalue weighted by molar-refractivity contribution is 5.84. The number of hydrogen-bond donors (Lipinski definition) is 0. The number of carbonyl (C=O) groups excluding carboxylic acids is 1. The number of nitrogens with zero attached hydrogens (tertiary/aromatic N) is 4. The smallest absolute Gasteiger partial charge is 0.260 e. The third-order valence-corrected chi connectivity index (χ3v) is 7.12. The molecule has 2 aliphatic rings. The Labute approximate surface area is 196 Å². The summed E-state index contributed by atoms with van der Waals surface area (Å²) in [5, 5.41) is 1.07. The van der Waals surface area contributed by atoms with E-state index in [9.17, 15) is 9.59 Å². The highest BCUT2D eigenvalue weighted by Crippen LogP contribution is 2.29. The van der Waals surface area contributed by atoms with Crippen LogP contribution >= 0.6 is 0 Å². The van der Waals surface area contributed by atoms with Gasteiger partial charge in [-0.15, -0.1) is 0 Å². The topological polar surface area (TPSA) is 58.0 Å². The van der Waals surface area contributed by atoms with Gasteiger partial charge in [0.1, 0.15) is 5.75 Å². The van der Waals surface area contributed by atoms with Crippen molar-refractivity contribution in [3.63, 3.8) is 0 Å². The van der Waals surface area contributed by atoms with Gasteiger partial charge in [-0.3, -0.25) is 14.5 Å². The van der Waals surface area contributed by atoms with E-state index in [-0.39, 0.29) is 18.1 Å². The van der Waals surface area contributed by atoms with Crippen molar-refractivity contribution in [3.8, 4) is 5.75 Å². The quantitative estimate of drug-likeness (QED) is 0.583. The van der Waals surface area contributed by atoms with E-state index in [0.29, 0.717) is 11.7 Å². The van der Waals surface area contributed by atoms with Crippen LogP contribution in [0, 0.1) is 12.8 Å². The number of fused-ring (bicyclic) bond motifs is 1. The summed E-state index contributed by atoms with van der Waals surface area (Å²) in [5.41, 5.74) is 1.93. The zero-order chi connectivity index (χ0) is 23.4. The van der Waals surface area contributed by atoms with Gasteiger partial charge in [-0.2, -0.15) is 0 Å². The number of pyridine rings is 1. The van der Waals surface area contributed by atoms with Crippen LogP contribution in [0.3, 0.4) is 0 Å². The number of carbonyl (C=O) groups is 1. The average molecular weight is 455 g/mol. The molecule has 1 saturated carbocycles. The third kappa shape index (κ3) is 5.95. The summed E-state index contributed by atoms with van der Waals surface area (Å²) in [6.45, 7) is 8.28. The lowest BCUT2D eigenvalue weighted by molar-refractivity contribution is -0.135. The Bertz CT molecular complexity index is 1020. The van der Waals surface area contributed by atoms with Crippen LogP contribution < -0.4 is 10.3 Å². The van der Waals surface area contributed by atoms with Gasteiger partial charge in [0.05, 0.1) is 5.52 Å². The Balaban J connectivity index is 1.35. The first-order chi connectivity index (χ1) is 15.9. The predicted molar refractivity (Wildman–Crippen MR) is 132 cm³/mol. The van der Waals surface area contributed by atoms with Crippen molar-refractivity contribution in [2.45, 2.75) is 39.2 Å². The number of piperazine rings is 1. The number of aryl methyl sites for hydroxylation is 1. The average Bonchev–Trinajstić information content (AvgIpc) is 2.76. The van der Waals surface area contributed by atoms with Gasteiger partial charge in [0.25, 0.3) is 11.5 Å². The number of hydrogen-bond acceptors (Lipinski definition) is 5. The van der Waals surface area contributed by atoms with E-state index in [0.717, 1.165) is 68.7 Å². The standard InChI is InChI=1S/C26H38N4O3/c1-20-16-25(31)30(18-21-6-4-7-21)24-17-22(8-9-23(20)24)33-19-26(32)29-14-12-28(13-15-29)11-5-10-27(2)3/h8-9,16-17,21H,4-7,10-15,18-19H2,1-3H3. The Morgan fingerprint density at radius 3 is 2.55 bits per heavy atom. The minimum absolute atomic E-state index is 0.0270. The zero-order valence-electron chi connectivity index (χ0n) is 20.4. The molecule has 1 aromatic carbocycles. The molecule has 0 bridgehead atoms. The number of aromatic nitrogens is 1. The maximum absolute atomic E-state index is 12.7. The molecule has 7 heteroatoms. The normalized spacial score (nSPS) is 17.5. The Hall–Kier alpha value is -2.38. The summed E-state index contributed by atoms with van der Waals surface area (Å²) >= 11 is 0. The fraction of sp³-hybridized carbons (Fsp3) is 0.615. The third-order valence-electron chi connectivity index (χ3n) is 7.12. The van der Waals surface area contributed by atoms with E-state index in [1.54, 1.807) is 6.07 Å². The number of benzene rings is 1. The summed E-state index contributed by atoms with van der Waals surface area (Å²) in [7, 11) is 4.20. The molecule has 2 fully saturated rings. The fourth-order valence-corrected chi connectivity index (χ4v) is 4.81. The first kappa shape index (κ1) is 23.8. The van der Waals surface area contributed by atoms with Crippen molar-refractivity contribution in [2.24, 2.45) is 5.92 Å². The first-order valence-corrected chi connectivity index (χ1v) is 12.3.